The van der Waals surface area contributed by atoms with E-state index >= 15 is 0 Å². The van der Waals surface area contributed by atoms with Crippen LogP contribution in [0.2, 0.25) is 0 Å². The van der Waals surface area contributed by atoms with Crippen molar-refractivity contribution in [1.82, 2.24) is 4.98 Å². The van der Waals surface area contributed by atoms with Gasteiger partial charge in [-0.2, -0.15) is 0 Å². The summed E-state index contributed by atoms with van der Waals surface area (Å²) in [5.74, 6) is 0. The SMILES string of the molecule is CC(C)(C)OC(=O)N(c1ccccc1)c1ncc(Br)s1. The Hall–Kier alpha value is -1.40. The van der Waals surface area contributed by atoms with Crippen molar-refractivity contribution < 1.29 is 9.53 Å². The molecule has 20 heavy (non-hydrogen) atoms. The molecule has 0 fully saturated rings. The fourth-order valence-corrected chi connectivity index (χ4v) is 2.72. The van der Waals surface area contributed by atoms with E-state index in [1.165, 1.54) is 16.2 Å². The molecule has 0 N–H and O–H groups in total. The summed E-state index contributed by atoms with van der Waals surface area (Å²) in [6.45, 7) is 5.52. The largest absolute Gasteiger partial charge is 0.443 e. The molecular weight excluding hydrogens is 340 g/mol. The lowest BCUT2D eigenvalue weighted by Gasteiger charge is -2.25. The van der Waals surface area contributed by atoms with E-state index in [0.717, 1.165) is 9.47 Å². The number of thiazole rings is 1. The second-order valence-corrected chi connectivity index (χ2v) is 7.49. The predicted molar refractivity (Wildman–Crippen MR) is 84.6 cm³/mol. The summed E-state index contributed by atoms with van der Waals surface area (Å²) in [6.07, 6.45) is 1.23. The fraction of sp³-hybridized carbons (Fsp3) is 0.286. The first-order chi connectivity index (χ1) is 9.37. The average Bonchev–Trinajstić information content (AvgIpc) is 2.75. The molecule has 0 unspecified atom stereocenters. The average molecular weight is 355 g/mol. The molecule has 4 nitrogen and oxygen atoms in total. The number of rotatable bonds is 2. The van der Waals surface area contributed by atoms with Crippen LogP contribution < -0.4 is 4.90 Å². The lowest BCUT2D eigenvalue weighted by molar-refractivity contribution is 0.0599. The molecule has 0 bridgehead atoms. The third kappa shape index (κ3) is 3.80. The molecule has 0 spiro atoms. The van der Waals surface area contributed by atoms with Crippen molar-refractivity contribution in [2.75, 3.05) is 4.90 Å². The van der Waals surface area contributed by atoms with Crippen molar-refractivity contribution in [3.63, 3.8) is 0 Å². The molecule has 1 aromatic carbocycles. The molecule has 2 rings (SSSR count). The summed E-state index contributed by atoms with van der Waals surface area (Å²) in [4.78, 5) is 18.1. The van der Waals surface area contributed by atoms with Gasteiger partial charge in [0.05, 0.1) is 15.7 Å². The molecule has 1 heterocycles. The van der Waals surface area contributed by atoms with Crippen LogP contribution >= 0.6 is 27.3 Å². The minimum atomic E-state index is -0.557. The summed E-state index contributed by atoms with van der Waals surface area (Å²) in [7, 11) is 0. The fourth-order valence-electron chi connectivity index (χ4n) is 1.53. The van der Waals surface area contributed by atoms with Crippen LogP contribution in [0.4, 0.5) is 15.6 Å². The summed E-state index contributed by atoms with van der Waals surface area (Å²) in [5.41, 5.74) is 0.169. The predicted octanol–water partition coefficient (Wildman–Crippen LogP) is 4.98. The van der Waals surface area contributed by atoms with Gasteiger partial charge in [-0.1, -0.05) is 29.5 Å². The van der Waals surface area contributed by atoms with Crippen molar-refractivity contribution in [2.45, 2.75) is 26.4 Å². The van der Waals surface area contributed by atoms with Crippen LogP contribution in [0.5, 0.6) is 0 Å². The van der Waals surface area contributed by atoms with E-state index in [4.69, 9.17) is 4.74 Å². The Labute approximate surface area is 130 Å². The van der Waals surface area contributed by atoms with Crippen LogP contribution in [-0.2, 0) is 4.74 Å². The first-order valence-corrected chi connectivity index (χ1v) is 7.67. The lowest BCUT2D eigenvalue weighted by atomic mass is 10.2. The van der Waals surface area contributed by atoms with Gasteiger partial charge in [-0.05, 0) is 48.8 Å². The number of hydrogen-bond acceptors (Lipinski definition) is 4. The molecule has 1 aromatic heterocycles. The van der Waals surface area contributed by atoms with Crippen LogP contribution in [0.1, 0.15) is 20.8 Å². The Morgan fingerprint density at radius 3 is 2.45 bits per heavy atom. The number of halogens is 1. The van der Waals surface area contributed by atoms with Gasteiger partial charge in [0, 0.05) is 0 Å². The van der Waals surface area contributed by atoms with Crippen LogP contribution in [0, 0.1) is 0 Å². The monoisotopic (exact) mass is 354 g/mol. The Balaban J connectivity index is 2.37. The van der Waals surface area contributed by atoms with Gasteiger partial charge in [-0.15, -0.1) is 0 Å². The number of nitrogens with zero attached hydrogens (tertiary/aromatic N) is 2. The van der Waals surface area contributed by atoms with Gasteiger partial charge >= 0.3 is 6.09 Å². The zero-order valence-corrected chi connectivity index (χ0v) is 13.9. The molecule has 6 heteroatoms. The minimum absolute atomic E-state index is 0.439. The highest BCUT2D eigenvalue weighted by atomic mass is 79.9. The topological polar surface area (TPSA) is 42.4 Å². The second kappa shape index (κ2) is 5.93. The summed E-state index contributed by atoms with van der Waals surface area (Å²) >= 11 is 4.74. The maximum Gasteiger partial charge on any atom is 0.421 e. The quantitative estimate of drug-likeness (QED) is 0.763. The van der Waals surface area contributed by atoms with Crippen LogP contribution in [0.15, 0.2) is 40.3 Å². The molecule has 1 amide bonds. The Morgan fingerprint density at radius 1 is 1.30 bits per heavy atom. The zero-order chi connectivity index (χ0) is 14.8. The van der Waals surface area contributed by atoms with E-state index in [1.807, 2.05) is 51.1 Å². The Morgan fingerprint density at radius 2 is 1.95 bits per heavy atom. The molecule has 0 atom stereocenters. The number of hydrogen-bond donors (Lipinski definition) is 0. The van der Waals surface area contributed by atoms with Crippen LogP contribution in [-0.4, -0.2) is 16.7 Å². The maximum absolute atomic E-state index is 12.4. The van der Waals surface area contributed by atoms with E-state index in [0.29, 0.717) is 5.13 Å². The highest BCUT2D eigenvalue weighted by Gasteiger charge is 2.26. The van der Waals surface area contributed by atoms with Crippen molar-refractivity contribution in [2.24, 2.45) is 0 Å². The first kappa shape index (κ1) is 15.0. The summed E-state index contributed by atoms with van der Waals surface area (Å²) in [5, 5.41) is 0.567. The number of carbonyl (C=O) groups excluding carboxylic acids is 1. The van der Waals surface area contributed by atoms with Gasteiger partial charge in [-0.25, -0.2) is 14.7 Å². The molecule has 0 aliphatic heterocycles. The smallest absolute Gasteiger partial charge is 0.421 e. The van der Waals surface area contributed by atoms with E-state index in [2.05, 4.69) is 20.9 Å². The molecular formula is C14H15BrN2O2S. The molecule has 0 aliphatic rings. The highest BCUT2D eigenvalue weighted by molar-refractivity contribution is 9.11. The van der Waals surface area contributed by atoms with Gasteiger partial charge in [0.1, 0.15) is 5.60 Å². The van der Waals surface area contributed by atoms with Gasteiger partial charge in [0.2, 0.25) is 5.13 Å². The molecule has 106 valence electrons. The van der Waals surface area contributed by atoms with Gasteiger partial charge < -0.3 is 4.74 Å². The number of carbonyl (C=O) groups is 1. The minimum Gasteiger partial charge on any atom is -0.443 e. The van der Waals surface area contributed by atoms with Crippen molar-refractivity contribution >= 4 is 44.2 Å². The third-order valence-corrected chi connectivity index (χ3v) is 3.71. The van der Waals surface area contributed by atoms with Crippen molar-refractivity contribution in [1.29, 1.82) is 0 Å². The third-order valence-electron chi connectivity index (χ3n) is 2.25. The van der Waals surface area contributed by atoms with Crippen LogP contribution in [0.25, 0.3) is 0 Å². The number of aromatic nitrogens is 1. The number of anilines is 2. The Kier molecular flexibility index (Phi) is 4.45. The molecule has 2 aromatic rings. The van der Waals surface area contributed by atoms with E-state index in [-0.39, 0.29) is 0 Å². The standard InChI is InChI=1S/C14H15BrN2O2S/c1-14(2,3)19-13(18)17(10-7-5-4-6-8-10)12-16-9-11(15)20-12/h4-9H,1-3H3. The molecule has 0 saturated carbocycles. The molecule has 0 saturated heterocycles. The maximum atomic E-state index is 12.4. The van der Waals surface area contributed by atoms with Gasteiger partial charge in [0.25, 0.3) is 0 Å². The zero-order valence-electron chi connectivity index (χ0n) is 11.5. The van der Waals surface area contributed by atoms with E-state index < -0.39 is 11.7 Å². The van der Waals surface area contributed by atoms with Crippen molar-refractivity contribution in [3.8, 4) is 0 Å². The number of benzene rings is 1. The normalized spacial score (nSPS) is 11.2. The lowest BCUT2D eigenvalue weighted by Crippen LogP contribution is -2.33. The Bertz CT molecular complexity index is 593. The number of amides is 1. The highest BCUT2D eigenvalue weighted by Crippen LogP contribution is 2.33. The summed E-state index contributed by atoms with van der Waals surface area (Å²) in [6, 6.07) is 9.33. The van der Waals surface area contributed by atoms with Gasteiger partial charge in [0.15, 0.2) is 0 Å². The number of ether oxygens (including phenoxy) is 1. The second-order valence-electron chi connectivity index (χ2n) is 5.10. The molecule has 0 radical (unpaired) electrons. The van der Waals surface area contributed by atoms with Crippen molar-refractivity contribution in [3.05, 3.63) is 40.3 Å². The summed E-state index contributed by atoms with van der Waals surface area (Å²) < 4.78 is 6.31. The van der Waals surface area contributed by atoms with Crippen LogP contribution in [0.3, 0.4) is 0 Å². The van der Waals surface area contributed by atoms with Gasteiger partial charge in [-0.3, -0.25) is 0 Å². The molecule has 0 aliphatic carbocycles. The van der Waals surface area contributed by atoms with E-state index in [9.17, 15) is 4.79 Å². The first-order valence-electron chi connectivity index (χ1n) is 6.06. The van der Waals surface area contributed by atoms with E-state index in [1.54, 1.807) is 6.20 Å². The number of para-hydroxylation sites is 1.